The van der Waals surface area contributed by atoms with E-state index in [-0.39, 0.29) is 37.0 Å². The summed E-state index contributed by atoms with van der Waals surface area (Å²) in [5.41, 5.74) is -0.217. The molecule has 2 unspecified atom stereocenters. The van der Waals surface area contributed by atoms with Crippen LogP contribution in [-0.4, -0.2) is 58.1 Å². The Bertz CT molecular complexity index is 1300. The van der Waals surface area contributed by atoms with E-state index in [2.05, 4.69) is 15.9 Å². The van der Waals surface area contributed by atoms with Crippen LogP contribution >= 0.6 is 39.0 Å². The van der Waals surface area contributed by atoms with Gasteiger partial charge in [0.15, 0.2) is 17.3 Å². The van der Waals surface area contributed by atoms with Crippen molar-refractivity contribution in [3.63, 3.8) is 0 Å². The maximum absolute atomic E-state index is 13.9. The highest BCUT2D eigenvalue weighted by Crippen LogP contribution is 2.47. The number of Topliss-reactive ketones (excluding diaryl/α,β-unsaturated/α-hetero) is 1. The molecule has 39 heavy (non-hydrogen) atoms. The van der Waals surface area contributed by atoms with E-state index in [1.54, 1.807) is 0 Å². The quantitative estimate of drug-likeness (QED) is 0.140. The first-order chi connectivity index (χ1) is 18.9. The van der Waals surface area contributed by atoms with Crippen molar-refractivity contribution in [2.45, 2.75) is 17.9 Å². The molecule has 5 rings (SSSR count). The third-order valence-corrected chi connectivity index (χ3v) is 9.61. The summed E-state index contributed by atoms with van der Waals surface area (Å²) in [7, 11) is 0. The molecule has 0 spiro atoms. The van der Waals surface area contributed by atoms with Crippen LogP contribution in [0.3, 0.4) is 0 Å². The number of ketones is 1. The number of hydrogen-bond donors (Lipinski definition) is 0. The Kier molecular flexibility index (Phi) is 8.54. The summed E-state index contributed by atoms with van der Waals surface area (Å²) in [5.74, 6) is -2.76. The van der Waals surface area contributed by atoms with E-state index in [1.165, 1.54) is 28.0 Å². The Labute approximate surface area is 243 Å². The Morgan fingerprint density at radius 1 is 0.974 bits per heavy atom. The van der Waals surface area contributed by atoms with Crippen molar-refractivity contribution in [1.29, 1.82) is 0 Å². The van der Waals surface area contributed by atoms with E-state index < -0.39 is 34.7 Å². The first kappa shape index (κ1) is 27.6. The van der Waals surface area contributed by atoms with Gasteiger partial charge in [-0.05, 0) is 22.6 Å². The largest absolute Gasteiger partial charge is 0.464 e. The minimum absolute atomic E-state index is 0.0421. The third-order valence-electron chi connectivity index (χ3n) is 6.88. The number of benzene rings is 2. The second-order valence-corrected chi connectivity index (χ2v) is 12.3. The molecule has 0 radical (unpaired) electrons. The van der Waals surface area contributed by atoms with Crippen molar-refractivity contribution >= 4 is 62.7 Å². The summed E-state index contributed by atoms with van der Waals surface area (Å²) in [6, 6.07) is 22.3. The van der Waals surface area contributed by atoms with Crippen LogP contribution in [0, 0.1) is 11.3 Å². The average Bonchev–Trinajstić information content (AvgIpc) is 3.48. The number of hydrogen-bond acceptors (Lipinski definition) is 8. The lowest BCUT2D eigenvalue weighted by atomic mass is 9.83. The molecule has 7 nitrogen and oxygen atoms in total. The van der Waals surface area contributed by atoms with Crippen LogP contribution in [0.15, 0.2) is 78.2 Å². The normalized spacial score (nSPS) is 22.1. The maximum atomic E-state index is 13.9. The summed E-state index contributed by atoms with van der Waals surface area (Å²) >= 11 is 5.98. The summed E-state index contributed by atoms with van der Waals surface area (Å²) in [4.78, 5) is 55.8. The number of nitrogens with zero attached hydrogens (tertiary/aromatic N) is 1. The number of β-lactam (4-membered cyclic amide) rings is 1. The average molecular weight is 629 g/mol. The van der Waals surface area contributed by atoms with Crippen molar-refractivity contribution in [1.82, 2.24) is 4.90 Å². The van der Waals surface area contributed by atoms with Crippen LogP contribution in [0.5, 0.6) is 0 Å². The van der Waals surface area contributed by atoms with Gasteiger partial charge < -0.3 is 14.4 Å². The molecule has 2 aliphatic heterocycles. The molecular weight excluding hydrogens is 602 g/mol. The fourth-order valence-corrected chi connectivity index (χ4v) is 7.32. The number of esters is 2. The number of carbonyl (C=O) groups is 4. The van der Waals surface area contributed by atoms with Gasteiger partial charge in [0.05, 0.1) is 5.37 Å². The van der Waals surface area contributed by atoms with Crippen LogP contribution in [0.2, 0.25) is 0 Å². The SMILES string of the molecule is O=C(Cc1cccs1)C1C(=O)N2CC(C(=O)OCCBr)(C(=O)OC(c3ccccc3)c3ccccc3)CS[C@H]12. The van der Waals surface area contributed by atoms with Crippen LogP contribution < -0.4 is 0 Å². The molecule has 2 aliphatic rings. The third kappa shape index (κ3) is 5.55. The van der Waals surface area contributed by atoms with E-state index in [0.717, 1.165) is 16.0 Å². The van der Waals surface area contributed by atoms with Gasteiger partial charge in [-0.25, -0.2) is 0 Å². The smallest absolute Gasteiger partial charge is 0.327 e. The predicted molar refractivity (Wildman–Crippen MR) is 152 cm³/mol. The van der Waals surface area contributed by atoms with Crippen LogP contribution in [0.1, 0.15) is 22.1 Å². The number of alkyl halides is 1. The van der Waals surface area contributed by atoms with Crippen LogP contribution in [0.25, 0.3) is 0 Å². The molecule has 2 saturated heterocycles. The molecule has 0 N–H and O–H groups in total. The van der Waals surface area contributed by atoms with Gasteiger partial charge >= 0.3 is 11.9 Å². The molecular formula is C29H26BrNO6S2. The molecule has 0 aliphatic carbocycles. The predicted octanol–water partition coefficient (Wildman–Crippen LogP) is 4.65. The lowest BCUT2D eigenvalue weighted by molar-refractivity contribution is -0.178. The minimum atomic E-state index is -1.72. The number of thioether (sulfide) groups is 1. The van der Waals surface area contributed by atoms with Gasteiger partial charge in [-0.3, -0.25) is 19.2 Å². The molecule has 10 heteroatoms. The monoisotopic (exact) mass is 627 g/mol. The van der Waals surface area contributed by atoms with Crippen molar-refractivity contribution in [3.8, 4) is 0 Å². The van der Waals surface area contributed by atoms with Gasteiger partial charge in [0.25, 0.3) is 0 Å². The van der Waals surface area contributed by atoms with Gasteiger partial charge in [0.2, 0.25) is 5.91 Å². The lowest BCUT2D eigenvalue weighted by Gasteiger charge is -2.52. The van der Waals surface area contributed by atoms with Gasteiger partial charge in [-0.2, -0.15) is 0 Å². The molecule has 3 heterocycles. The lowest BCUT2D eigenvalue weighted by Crippen LogP contribution is -2.70. The van der Waals surface area contributed by atoms with Crippen molar-refractivity contribution in [2.24, 2.45) is 11.3 Å². The molecule has 2 fully saturated rings. The Hall–Kier alpha value is -2.95. The molecule has 3 atom stereocenters. The number of amides is 1. The molecule has 2 aromatic carbocycles. The van der Waals surface area contributed by atoms with E-state index in [4.69, 9.17) is 9.47 Å². The second kappa shape index (κ2) is 12.1. The molecule has 1 amide bonds. The van der Waals surface area contributed by atoms with Crippen LogP contribution in [0.4, 0.5) is 0 Å². The number of halogens is 1. The fourth-order valence-electron chi connectivity index (χ4n) is 4.84. The number of thiophene rings is 1. The summed E-state index contributed by atoms with van der Waals surface area (Å²) < 4.78 is 11.5. The highest BCUT2D eigenvalue weighted by Gasteiger charge is 2.63. The zero-order valence-electron chi connectivity index (χ0n) is 20.9. The van der Waals surface area contributed by atoms with Gasteiger partial charge in [-0.15, -0.1) is 23.1 Å². The van der Waals surface area contributed by atoms with Crippen molar-refractivity contribution < 1.29 is 28.7 Å². The van der Waals surface area contributed by atoms with E-state index in [0.29, 0.717) is 5.33 Å². The van der Waals surface area contributed by atoms with E-state index >= 15 is 0 Å². The number of rotatable bonds is 10. The number of carbonyl (C=O) groups excluding carboxylic acids is 4. The number of ether oxygens (including phenoxy) is 2. The van der Waals surface area contributed by atoms with E-state index in [1.807, 2.05) is 78.2 Å². The highest BCUT2D eigenvalue weighted by molar-refractivity contribution is 9.09. The maximum Gasteiger partial charge on any atom is 0.327 e. The zero-order chi connectivity index (χ0) is 27.4. The molecule has 0 saturated carbocycles. The van der Waals surface area contributed by atoms with Gasteiger partial charge in [-0.1, -0.05) is 82.7 Å². The van der Waals surface area contributed by atoms with Gasteiger partial charge in [0, 0.05) is 28.9 Å². The van der Waals surface area contributed by atoms with Crippen LogP contribution in [-0.2, 0) is 35.1 Å². The first-order valence-corrected chi connectivity index (χ1v) is 15.5. The first-order valence-electron chi connectivity index (χ1n) is 12.5. The Morgan fingerprint density at radius 2 is 1.64 bits per heavy atom. The van der Waals surface area contributed by atoms with Gasteiger partial charge in [0.1, 0.15) is 12.5 Å². The zero-order valence-corrected chi connectivity index (χ0v) is 24.1. The molecule has 3 aromatic rings. The molecule has 202 valence electrons. The Balaban J connectivity index is 1.39. The standard InChI is InChI=1S/C29H26BrNO6S2/c30-13-14-36-27(34)29(28(35)37-24(19-8-3-1-4-9-19)20-10-5-2-6-11-20)17-31-25(33)23(26(31)39-18-29)22(32)16-21-12-7-15-38-21/h1-12,15,23-24,26H,13-14,16-18H2/t23?,26-,29?/m1/s1. The Morgan fingerprint density at radius 3 is 2.23 bits per heavy atom. The van der Waals surface area contributed by atoms with Crippen molar-refractivity contribution in [2.75, 3.05) is 24.2 Å². The summed E-state index contributed by atoms with van der Waals surface area (Å²) in [6.45, 7) is -0.124. The topological polar surface area (TPSA) is 90.0 Å². The van der Waals surface area contributed by atoms with Crippen molar-refractivity contribution in [3.05, 3.63) is 94.2 Å². The molecule has 0 bridgehead atoms. The number of fused-ring (bicyclic) bond motifs is 1. The summed E-state index contributed by atoms with van der Waals surface area (Å²) in [5, 5.41) is 1.87. The summed E-state index contributed by atoms with van der Waals surface area (Å²) in [6.07, 6.45) is -0.564. The molecule has 1 aromatic heterocycles. The highest BCUT2D eigenvalue weighted by atomic mass is 79.9. The minimum Gasteiger partial charge on any atom is -0.464 e. The second-order valence-electron chi connectivity index (χ2n) is 9.38. The fraction of sp³-hybridized carbons (Fsp3) is 0.310. The van der Waals surface area contributed by atoms with E-state index in [9.17, 15) is 19.2 Å².